The van der Waals surface area contributed by atoms with Gasteiger partial charge in [-0.05, 0) is 29.8 Å². The van der Waals surface area contributed by atoms with Crippen LogP contribution in [0.1, 0.15) is 11.1 Å². The Morgan fingerprint density at radius 2 is 1.80 bits per heavy atom. The third-order valence-corrected chi connectivity index (χ3v) is 3.87. The van der Waals surface area contributed by atoms with Crippen LogP contribution in [0.15, 0.2) is 42.5 Å². The highest BCUT2D eigenvalue weighted by Gasteiger charge is 2.13. The van der Waals surface area contributed by atoms with Crippen molar-refractivity contribution < 1.29 is 8.78 Å². The molecule has 2 aromatic carbocycles. The molecule has 0 saturated heterocycles. The van der Waals surface area contributed by atoms with Gasteiger partial charge in [0.15, 0.2) is 11.6 Å². The molecule has 1 N–H and O–H groups in total. The summed E-state index contributed by atoms with van der Waals surface area (Å²) in [4.78, 5) is 6.44. The Morgan fingerprint density at radius 3 is 2.44 bits per heavy atom. The number of nitrogens with zero attached hydrogens (tertiary/aromatic N) is 3. The van der Waals surface area contributed by atoms with E-state index in [1.807, 2.05) is 49.3 Å². The summed E-state index contributed by atoms with van der Waals surface area (Å²) < 4.78 is 28.1. The predicted octanol–water partition coefficient (Wildman–Crippen LogP) is 4.06. The monoisotopic (exact) mass is 338 g/mol. The van der Waals surface area contributed by atoms with E-state index in [9.17, 15) is 8.78 Å². The van der Waals surface area contributed by atoms with E-state index in [0.29, 0.717) is 0 Å². The first-order valence-electron chi connectivity index (χ1n) is 7.68. The summed E-state index contributed by atoms with van der Waals surface area (Å²) in [6, 6.07) is 13.3. The van der Waals surface area contributed by atoms with Gasteiger partial charge in [-0.15, -0.1) is 0 Å². The van der Waals surface area contributed by atoms with Gasteiger partial charge < -0.3 is 10.2 Å². The molecule has 0 spiro atoms. The van der Waals surface area contributed by atoms with E-state index in [1.54, 1.807) is 6.07 Å². The van der Waals surface area contributed by atoms with E-state index in [-0.39, 0.29) is 17.8 Å². The van der Waals surface area contributed by atoms with E-state index in [2.05, 4.69) is 10.3 Å². The lowest BCUT2D eigenvalue weighted by atomic mass is 10.1. The van der Waals surface area contributed by atoms with E-state index < -0.39 is 11.6 Å². The fraction of sp³-hybridized carbons (Fsp3) is 0.158. The second kappa shape index (κ2) is 6.73. The van der Waals surface area contributed by atoms with Gasteiger partial charge in [-0.25, -0.2) is 13.8 Å². The van der Waals surface area contributed by atoms with Gasteiger partial charge in [0.1, 0.15) is 11.5 Å². The number of hydrogen-bond acceptors (Lipinski definition) is 4. The number of nitrogens with one attached hydrogen (secondary N) is 1. The minimum Gasteiger partial charge on any atom is -0.376 e. The van der Waals surface area contributed by atoms with Crippen molar-refractivity contribution in [2.45, 2.75) is 6.54 Å². The fourth-order valence-electron chi connectivity index (χ4n) is 2.60. The maximum Gasteiger partial charge on any atom is 0.150 e. The zero-order valence-corrected chi connectivity index (χ0v) is 13.8. The first-order valence-corrected chi connectivity index (χ1v) is 7.68. The van der Waals surface area contributed by atoms with E-state index >= 15 is 0 Å². The number of pyridine rings is 1. The SMILES string of the molecule is CN(C)c1cc(CNc2c(F)cc(C#N)cc2F)c2ccccc2n1. The van der Waals surface area contributed by atoms with Gasteiger partial charge in [0.05, 0.1) is 17.1 Å². The van der Waals surface area contributed by atoms with Gasteiger partial charge in [0, 0.05) is 26.0 Å². The Hall–Kier alpha value is -3.20. The van der Waals surface area contributed by atoms with E-state index in [1.165, 1.54) is 0 Å². The largest absolute Gasteiger partial charge is 0.376 e. The van der Waals surface area contributed by atoms with Gasteiger partial charge in [-0.2, -0.15) is 5.26 Å². The Kier molecular flexibility index (Phi) is 4.48. The van der Waals surface area contributed by atoms with Crippen molar-refractivity contribution in [3.8, 4) is 6.07 Å². The second-order valence-electron chi connectivity index (χ2n) is 5.83. The standard InChI is InChI=1S/C19H16F2N4/c1-25(2)18-9-13(14-5-3-4-6-17(14)24-18)11-23-19-15(20)7-12(10-22)8-16(19)21/h3-9,23H,11H2,1-2H3. The summed E-state index contributed by atoms with van der Waals surface area (Å²) in [5.41, 5.74) is 1.39. The summed E-state index contributed by atoms with van der Waals surface area (Å²) >= 11 is 0. The maximum atomic E-state index is 14.0. The molecule has 0 unspecified atom stereocenters. The Labute approximate surface area is 144 Å². The smallest absolute Gasteiger partial charge is 0.150 e. The lowest BCUT2D eigenvalue weighted by Crippen LogP contribution is -2.12. The second-order valence-corrected chi connectivity index (χ2v) is 5.83. The zero-order valence-electron chi connectivity index (χ0n) is 13.8. The molecule has 6 heteroatoms. The molecule has 0 aliphatic rings. The maximum absolute atomic E-state index is 14.0. The van der Waals surface area contributed by atoms with Crippen LogP contribution in [0, 0.1) is 23.0 Å². The Morgan fingerprint density at radius 1 is 1.12 bits per heavy atom. The van der Waals surface area contributed by atoms with Crippen molar-refractivity contribution in [2.75, 3.05) is 24.3 Å². The van der Waals surface area contributed by atoms with Crippen LogP contribution in [0.4, 0.5) is 20.3 Å². The van der Waals surface area contributed by atoms with Crippen molar-refractivity contribution in [3.05, 3.63) is 65.2 Å². The van der Waals surface area contributed by atoms with E-state index in [0.717, 1.165) is 34.4 Å². The van der Waals surface area contributed by atoms with Crippen LogP contribution in [0.2, 0.25) is 0 Å². The molecule has 4 nitrogen and oxygen atoms in total. The van der Waals surface area contributed by atoms with Crippen LogP contribution < -0.4 is 10.2 Å². The average molecular weight is 338 g/mol. The van der Waals surface area contributed by atoms with Gasteiger partial charge in [0.25, 0.3) is 0 Å². The van der Waals surface area contributed by atoms with Gasteiger partial charge >= 0.3 is 0 Å². The fourth-order valence-corrected chi connectivity index (χ4v) is 2.60. The molecule has 0 saturated carbocycles. The number of nitriles is 1. The van der Waals surface area contributed by atoms with Crippen molar-refractivity contribution in [2.24, 2.45) is 0 Å². The van der Waals surface area contributed by atoms with Gasteiger partial charge in [-0.1, -0.05) is 18.2 Å². The van der Waals surface area contributed by atoms with Crippen LogP contribution in [0.25, 0.3) is 10.9 Å². The van der Waals surface area contributed by atoms with Crippen molar-refractivity contribution in [1.29, 1.82) is 5.26 Å². The molecule has 1 aromatic heterocycles. The highest BCUT2D eigenvalue weighted by molar-refractivity contribution is 5.84. The Bertz CT molecular complexity index is 954. The van der Waals surface area contributed by atoms with Crippen molar-refractivity contribution in [1.82, 2.24) is 4.98 Å². The van der Waals surface area contributed by atoms with Crippen LogP contribution in [-0.2, 0) is 6.54 Å². The molecule has 0 aliphatic carbocycles. The first kappa shape index (κ1) is 16.7. The summed E-state index contributed by atoms with van der Waals surface area (Å²) in [6.45, 7) is 0.226. The lowest BCUT2D eigenvalue weighted by Gasteiger charge is -2.16. The third-order valence-electron chi connectivity index (χ3n) is 3.87. The zero-order chi connectivity index (χ0) is 18.0. The van der Waals surface area contributed by atoms with Crippen LogP contribution in [-0.4, -0.2) is 19.1 Å². The highest BCUT2D eigenvalue weighted by Crippen LogP contribution is 2.25. The summed E-state index contributed by atoms with van der Waals surface area (Å²) in [5.74, 6) is -0.818. The van der Waals surface area contributed by atoms with Crippen LogP contribution in [0.3, 0.4) is 0 Å². The summed E-state index contributed by atoms with van der Waals surface area (Å²) in [7, 11) is 3.77. The summed E-state index contributed by atoms with van der Waals surface area (Å²) in [5, 5.41) is 12.5. The van der Waals surface area contributed by atoms with Crippen LogP contribution in [0.5, 0.6) is 0 Å². The molecule has 25 heavy (non-hydrogen) atoms. The molecule has 0 amide bonds. The quantitative estimate of drug-likeness (QED) is 0.779. The van der Waals surface area contributed by atoms with Crippen molar-refractivity contribution in [3.63, 3.8) is 0 Å². The number of fused-ring (bicyclic) bond motifs is 1. The number of rotatable bonds is 4. The summed E-state index contributed by atoms with van der Waals surface area (Å²) in [6.07, 6.45) is 0. The number of aromatic nitrogens is 1. The van der Waals surface area contributed by atoms with Crippen LogP contribution >= 0.6 is 0 Å². The van der Waals surface area contributed by atoms with Gasteiger partial charge in [-0.3, -0.25) is 0 Å². The lowest BCUT2D eigenvalue weighted by molar-refractivity contribution is 0.587. The highest BCUT2D eigenvalue weighted by atomic mass is 19.1. The molecule has 0 aliphatic heterocycles. The minimum atomic E-state index is -0.789. The molecule has 3 rings (SSSR count). The third kappa shape index (κ3) is 3.36. The van der Waals surface area contributed by atoms with Gasteiger partial charge in [0.2, 0.25) is 0 Å². The number of benzene rings is 2. The molecule has 3 aromatic rings. The van der Waals surface area contributed by atoms with E-state index in [4.69, 9.17) is 5.26 Å². The normalized spacial score (nSPS) is 10.5. The van der Waals surface area contributed by atoms with Crippen molar-refractivity contribution >= 4 is 22.4 Å². The molecule has 0 atom stereocenters. The molecular weight excluding hydrogens is 322 g/mol. The number of para-hydroxylation sites is 1. The minimum absolute atomic E-state index is 0.0511. The number of hydrogen-bond donors (Lipinski definition) is 1. The number of halogens is 2. The topological polar surface area (TPSA) is 52.0 Å². The molecule has 126 valence electrons. The molecular formula is C19H16F2N4. The average Bonchev–Trinajstić information content (AvgIpc) is 2.60. The Balaban J connectivity index is 1.98. The molecule has 1 heterocycles. The molecule has 0 bridgehead atoms. The molecule has 0 radical (unpaired) electrons. The molecule has 0 fully saturated rings. The predicted molar refractivity (Wildman–Crippen MR) is 94.5 cm³/mol. The first-order chi connectivity index (χ1) is 12.0. The number of anilines is 2.